The summed E-state index contributed by atoms with van der Waals surface area (Å²) in [5.74, 6) is -2.27. The number of carbonyl (C=O) groups is 5. The highest BCUT2D eigenvalue weighted by Gasteiger charge is 2.43. The molecule has 3 aliphatic rings. The average molecular weight is 613 g/mol. The Morgan fingerprint density at radius 3 is 2.43 bits per heavy atom. The summed E-state index contributed by atoms with van der Waals surface area (Å²) in [6, 6.07) is 4.63. The Kier molecular flexibility index (Phi) is 12.0. The molecule has 2 atom stereocenters. The molecule has 0 radical (unpaired) electrons. The lowest BCUT2D eigenvalue weighted by Gasteiger charge is -2.38. The molecule has 0 aromatic heterocycles. The summed E-state index contributed by atoms with van der Waals surface area (Å²) in [6.45, 7) is 6.96. The second kappa shape index (κ2) is 15.9. The Hall–Kier alpha value is -3.67. The molecule has 1 aromatic carbocycles. The van der Waals surface area contributed by atoms with E-state index in [-0.39, 0.29) is 42.7 Å². The van der Waals surface area contributed by atoms with E-state index < -0.39 is 41.3 Å². The average Bonchev–Trinajstić information content (AvgIpc) is 3.01. The lowest BCUT2D eigenvalue weighted by atomic mass is 9.80. The number of hydrogen-bond donors (Lipinski definition) is 5. The molecule has 1 aliphatic carbocycles. The van der Waals surface area contributed by atoms with Gasteiger partial charge in [-0.15, -0.1) is 0 Å². The molecule has 2 aliphatic heterocycles. The van der Waals surface area contributed by atoms with Gasteiger partial charge in [0.2, 0.25) is 23.6 Å². The summed E-state index contributed by atoms with van der Waals surface area (Å²) in [4.78, 5) is 69.7. The molecule has 12 heteroatoms. The molecule has 2 heterocycles. The van der Waals surface area contributed by atoms with E-state index in [0.717, 1.165) is 45.2 Å². The van der Waals surface area contributed by atoms with Crippen LogP contribution in [-0.4, -0.2) is 91.4 Å². The number of rotatable bonds is 5. The predicted octanol–water partition coefficient (Wildman–Crippen LogP) is 1.25. The van der Waals surface area contributed by atoms with Gasteiger partial charge in [0.25, 0.3) is 5.91 Å². The van der Waals surface area contributed by atoms with Gasteiger partial charge >= 0.3 is 0 Å². The first kappa shape index (κ1) is 33.2. The molecule has 1 saturated heterocycles. The van der Waals surface area contributed by atoms with E-state index in [2.05, 4.69) is 31.5 Å². The molecule has 242 valence electrons. The van der Waals surface area contributed by atoms with Crippen LogP contribution in [0.1, 0.15) is 82.0 Å². The second-order valence-corrected chi connectivity index (χ2v) is 12.4. The van der Waals surface area contributed by atoms with Crippen LogP contribution < -0.4 is 31.3 Å². The first-order chi connectivity index (χ1) is 21.2. The van der Waals surface area contributed by atoms with E-state index in [9.17, 15) is 24.0 Å². The van der Waals surface area contributed by atoms with Crippen molar-refractivity contribution >= 4 is 29.5 Å². The lowest BCUT2D eigenvalue weighted by molar-refractivity contribution is -0.138. The first-order valence-corrected chi connectivity index (χ1v) is 16.1. The maximum absolute atomic E-state index is 13.8. The zero-order valence-electron chi connectivity index (χ0n) is 26.0. The van der Waals surface area contributed by atoms with Crippen LogP contribution in [0.25, 0.3) is 0 Å². The molecule has 1 saturated carbocycles. The van der Waals surface area contributed by atoms with Gasteiger partial charge in [-0.25, -0.2) is 0 Å². The first-order valence-electron chi connectivity index (χ1n) is 16.1. The Balaban J connectivity index is 1.58. The van der Waals surface area contributed by atoms with Crippen LogP contribution in [0.15, 0.2) is 24.3 Å². The predicted molar refractivity (Wildman–Crippen MR) is 165 cm³/mol. The molecule has 2 fully saturated rings. The van der Waals surface area contributed by atoms with E-state index in [4.69, 9.17) is 4.74 Å². The standard InChI is InChI=1S/C32H48N6O6/c1-22(2)27-30(42)34-16-20-44-25-12-6-5-11-23(25)28(40)35-24(29(41)33-15-19-38-17-9-4-10-18-38)21-26(39)37-32(31(43)36-27)13-7-3-8-14-32/h5-6,11-12,22,24,27H,3-4,7-10,13-21H2,1-2H3,(H,33,41)(H,34,42)(H,35,40)(H,36,43)(H,37,39)/t24-,27+/m0/s1. The number of para-hydroxylation sites is 1. The van der Waals surface area contributed by atoms with E-state index in [1.54, 1.807) is 24.3 Å². The Morgan fingerprint density at radius 1 is 1.00 bits per heavy atom. The third kappa shape index (κ3) is 8.93. The summed E-state index contributed by atoms with van der Waals surface area (Å²) in [5, 5.41) is 14.3. The van der Waals surface area contributed by atoms with Gasteiger partial charge in [0.15, 0.2) is 0 Å². The lowest BCUT2D eigenvalue weighted by Crippen LogP contribution is -2.64. The zero-order chi connectivity index (χ0) is 31.5. The molecule has 0 unspecified atom stereocenters. The number of piperidine rings is 1. The summed E-state index contributed by atoms with van der Waals surface area (Å²) < 4.78 is 5.84. The largest absolute Gasteiger partial charge is 0.491 e. The van der Waals surface area contributed by atoms with Crippen molar-refractivity contribution in [3.05, 3.63) is 29.8 Å². The van der Waals surface area contributed by atoms with Gasteiger partial charge in [-0.3, -0.25) is 24.0 Å². The summed E-state index contributed by atoms with van der Waals surface area (Å²) in [6.07, 6.45) is 6.34. The molecule has 5 N–H and O–H groups in total. The van der Waals surface area contributed by atoms with Crippen molar-refractivity contribution in [2.45, 2.75) is 89.3 Å². The van der Waals surface area contributed by atoms with E-state index in [0.29, 0.717) is 25.9 Å². The third-order valence-corrected chi connectivity index (χ3v) is 8.73. The molecule has 44 heavy (non-hydrogen) atoms. The van der Waals surface area contributed by atoms with Gasteiger partial charge in [0.05, 0.1) is 18.5 Å². The molecule has 5 amide bonds. The van der Waals surface area contributed by atoms with Crippen molar-refractivity contribution in [1.29, 1.82) is 0 Å². The van der Waals surface area contributed by atoms with Gasteiger partial charge in [-0.2, -0.15) is 0 Å². The minimum absolute atomic E-state index is 0.0825. The molecule has 1 aromatic rings. The third-order valence-electron chi connectivity index (χ3n) is 8.73. The highest BCUT2D eigenvalue weighted by atomic mass is 16.5. The maximum Gasteiger partial charge on any atom is 0.255 e. The van der Waals surface area contributed by atoms with Crippen LogP contribution in [0.4, 0.5) is 0 Å². The quantitative estimate of drug-likeness (QED) is 0.335. The topological polar surface area (TPSA) is 158 Å². The fraction of sp³-hybridized carbons (Fsp3) is 0.656. The number of nitrogens with one attached hydrogen (secondary N) is 5. The monoisotopic (exact) mass is 612 g/mol. The van der Waals surface area contributed by atoms with Crippen molar-refractivity contribution in [2.24, 2.45) is 5.92 Å². The molecule has 1 spiro atoms. The second-order valence-electron chi connectivity index (χ2n) is 12.4. The molecular formula is C32H48N6O6. The van der Waals surface area contributed by atoms with Crippen LogP contribution in [0.2, 0.25) is 0 Å². The van der Waals surface area contributed by atoms with Crippen LogP contribution in [0.3, 0.4) is 0 Å². The SMILES string of the molecule is CC(C)[C@H]1NC(=O)C2(CCCCC2)NC(=O)C[C@@H](C(=O)NCCN2CCCCC2)NC(=O)c2ccccc2OCCNC1=O. The van der Waals surface area contributed by atoms with Crippen LogP contribution in [-0.2, 0) is 19.2 Å². The van der Waals surface area contributed by atoms with E-state index in [1.807, 2.05) is 13.8 Å². The van der Waals surface area contributed by atoms with Gasteiger partial charge in [0, 0.05) is 13.1 Å². The number of ether oxygens (including phenoxy) is 1. The molecule has 12 nitrogen and oxygen atoms in total. The van der Waals surface area contributed by atoms with E-state index >= 15 is 0 Å². The smallest absolute Gasteiger partial charge is 0.255 e. The Labute approximate surface area is 259 Å². The van der Waals surface area contributed by atoms with Crippen molar-refractivity contribution < 1.29 is 28.7 Å². The van der Waals surface area contributed by atoms with Crippen molar-refractivity contribution in [1.82, 2.24) is 31.5 Å². The number of amides is 5. The maximum atomic E-state index is 13.8. The number of fused-ring (bicyclic) bond motifs is 1. The van der Waals surface area contributed by atoms with Gasteiger partial charge < -0.3 is 36.2 Å². The van der Waals surface area contributed by atoms with Gasteiger partial charge in [-0.05, 0) is 56.8 Å². The zero-order valence-corrected chi connectivity index (χ0v) is 26.0. The number of hydrogen-bond acceptors (Lipinski definition) is 7. The summed E-state index contributed by atoms with van der Waals surface area (Å²) >= 11 is 0. The minimum atomic E-state index is -1.22. The van der Waals surface area contributed by atoms with Gasteiger partial charge in [0.1, 0.15) is 30.0 Å². The van der Waals surface area contributed by atoms with Crippen LogP contribution in [0.5, 0.6) is 5.75 Å². The number of carbonyl (C=O) groups excluding carboxylic acids is 5. The normalized spacial score (nSPS) is 24.2. The highest BCUT2D eigenvalue weighted by Crippen LogP contribution is 2.29. The fourth-order valence-corrected chi connectivity index (χ4v) is 6.20. The van der Waals surface area contributed by atoms with Crippen molar-refractivity contribution in [3.63, 3.8) is 0 Å². The number of nitrogens with zero attached hydrogens (tertiary/aromatic N) is 1. The Morgan fingerprint density at radius 2 is 1.70 bits per heavy atom. The minimum Gasteiger partial charge on any atom is -0.491 e. The van der Waals surface area contributed by atoms with Crippen LogP contribution in [0, 0.1) is 5.92 Å². The fourth-order valence-electron chi connectivity index (χ4n) is 6.20. The molecular weight excluding hydrogens is 564 g/mol. The number of benzene rings is 1. The van der Waals surface area contributed by atoms with Crippen molar-refractivity contribution in [2.75, 3.05) is 39.3 Å². The van der Waals surface area contributed by atoms with E-state index in [1.165, 1.54) is 6.42 Å². The number of likely N-dealkylation sites (tertiary alicyclic amines) is 1. The van der Waals surface area contributed by atoms with Gasteiger partial charge in [-0.1, -0.05) is 51.7 Å². The molecule has 0 bridgehead atoms. The summed E-state index contributed by atoms with van der Waals surface area (Å²) in [5.41, 5.74) is -1.01. The highest BCUT2D eigenvalue weighted by molar-refractivity contribution is 6.01. The van der Waals surface area contributed by atoms with Crippen molar-refractivity contribution in [3.8, 4) is 5.75 Å². The molecule has 4 rings (SSSR count). The summed E-state index contributed by atoms with van der Waals surface area (Å²) in [7, 11) is 0. The Bertz CT molecular complexity index is 1180. The van der Waals surface area contributed by atoms with Crippen LogP contribution >= 0.6 is 0 Å².